The van der Waals surface area contributed by atoms with Gasteiger partial charge >= 0.3 is 6.03 Å². The molecule has 1 fully saturated rings. The van der Waals surface area contributed by atoms with Gasteiger partial charge < -0.3 is 10.2 Å². The number of hydrogen-bond donors (Lipinski definition) is 1. The Kier molecular flexibility index (Phi) is 6.69. The molecule has 22 heavy (non-hydrogen) atoms. The minimum Gasteiger partial charge on any atom is -0.338 e. The molecule has 0 bridgehead atoms. The van der Waals surface area contributed by atoms with Gasteiger partial charge in [-0.3, -0.25) is 4.98 Å². The third kappa shape index (κ3) is 5.00. The molecular formula is C18H29N3O. The molecule has 2 amide bonds. The average molecular weight is 303 g/mol. The molecule has 1 atom stereocenters. The second-order valence-corrected chi connectivity index (χ2v) is 6.61. The van der Waals surface area contributed by atoms with Gasteiger partial charge in [-0.05, 0) is 49.3 Å². The standard InChI is InChI=1S/C18H29N3O/c1-15(2)7-6-11-20-18(22)21-14-5-3-4-8-17(21)16-9-12-19-13-10-16/h9-10,12-13,15,17H,3-8,11,14H2,1-2H3,(H,20,22). The van der Waals surface area contributed by atoms with E-state index < -0.39 is 0 Å². The van der Waals surface area contributed by atoms with Gasteiger partial charge in [0, 0.05) is 25.5 Å². The smallest absolute Gasteiger partial charge is 0.317 e. The molecule has 1 unspecified atom stereocenters. The quantitative estimate of drug-likeness (QED) is 0.831. The van der Waals surface area contributed by atoms with Crippen LogP contribution in [0, 0.1) is 5.92 Å². The van der Waals surface area contributed by atoms with E-state index in [-0.39, 0.29) is 12.1 Å². The van der Waals surface area contributed by atoms with E-state index in [1.54, 1.807) is 0 Å². The Morgan fingerprint density at radius 2 is 2.09 bits per heavy atom. The van der Waals surface area contributed by atoms with Gasteiger partial charge in [0.1, 0.15) is 0 Å². The van der Waals surface area contributed by atoms with Crippen LogP contribution in [-0.4, -0.2) is 29.0 Å². The van der Waals surface area contributed by atoms with Crippen molar-refractivity contribution in [3.63, 3.8) is 0 Å². The second kappa shape index (κ2) is 8.76. The first kappa shape index (κ1) is 16.8. The van der Waals surface area contributed by atoms with Crippen LogP contribution in [0.2, 0.25) is 0 Å². The van der Waals surface area contributed by atoms with E-state index in [1.807, 2.05) is 29.4 Å². The predicted molar refractivity (Wildman–Crippen MR) is 89.6 cm³/mol. The molecule has 4 nitrogen and oxygen atoms in total. The third-order valence-corrected chi connectivity index (χ3v) is 4.34. The molecular weight excluding hydrogens is 274 g/mol. The van der Waals surface area contributed by atoms with Gasteiger partial charge in [0.25, 0.3) is 0 Å². The Morgan fingerprint density at radius 1 is 1.32 bits per heavy atom. The van der Waals surface area contributed by atoms with Crippen molar-refractivity contribution in [2.24, 2.45) is 5.92 Å². The highest BCUT2D eigenvalue weighted by Gasteiger charge is 2.26. The Hall–Kier alpha value is -1.58. The van der Waals surface area contributed by atoms with Gasteiger partial charge in [0.2, 0.25) is 0 Å². The Morgan fingerprint density at radius 3 is 2.82 bits per heavy atom. The first-order valence-electron chi connectivity index (χ1n) is 8.63. The maximum Gasteiger partial charge on any atom is 0.317 e. The molecule has 4 heteroatoms. The fourth-order valence-electron chi connectivity index (χ4n) is 3.09. The van der Waals surface area contributed by atoms with Gasteiger partial charge in [-0.15, -0.1) is 0 Å². The summed E-state index contributed by atoms with van der Waals surface area (Å²) in [6.07, 6.45) is 10.4. The molecule has 122 valence electrons. The summed E-state index contributed by atoms with van der Waals surface area (Å²) in [7, 11) is 0. The van der Waals surface area contributed by atoms with Crippen LogP contribution in [0.3, 0.4) is 0 Å². The number of nitrogens with zero attached hydrogens (tertiary/aromatic N) is 2. The summed E-state index contributed by atoms with van der Waals surface area (Å²) in [4.78, 5) is 18.7. The van der Waals surface area contributed by atoms with E-state index in [2.05, 4.69) is 24.1 Å². The summed E-state index contributed by atoms with van der Waals surface area (Å²) in [6, 6.07) is 4.35. The van der Waals surface area contributed by atoms with Crippen LogP contribution >= 0.6 is 0 Å². The summed E-state index contributed by atoms with van der Waals surface area (Å²) >= 11 is 0. The monoisotopic (exact) mass is 303 g/mol. The first-order valence-corrected chi connectivity index (χ1v) is 8.63. The van der Waals surface area contributed by atoms with Crippen molar-refractivity contribution in [3.05, 3.63) is 30.1 Å². The van der Waals surface area contributed by atoms with Crippen LogP contribution in [-0.2, 0) is 0 Å². The molecule has 1 aromatic heterocycles. The number of urea groups is 1. The molecule has 1 saturated heterocycles. The van der Waals surface area contributed by atoms with Gasteiger partial charge in [-0.25, -0.2) is 4.79 Å². The van der Waals surface area contributed by atoms with Crippen LogP contribution < -0.4 is 5.32 Å². The average Bonchev–Trinajstić information content (AvgIpc) is 2.78. The Labute approximate surface area is 134 Å². The SMILES string of the molecule is CC(C)CCCNC(=O)N1CCCCCC1c1ccncc1. The van der Waals surface area contributed by atoms with E-state index in [0.717, 1.165) is 38.8 Å². The van der Waals surface area contributed by atoms with E-state index >= 15 is 0 Å². The van der Waals surface area contributed by atoms with Crippen molar-refractivity contribution >= 4 is 6.03 Å². The number of amides is 2. The molecule has 0 aromatic carbocycles. The highest BCUT2D eigenvalue weighted by atomic mass is 16.2. The van der Waals surface area contributed by atoms with E-state index in [4.69, 9.17) is 0 Å². The lowest BCUT2D eigenvalue weighted by atomic mass is 10.0. The molecule has 0 spiro atoms. The number of rotatable bonds is 5. The summed E-state index contributed by atoms with van der Waals surface area (Å²) in [5, 5.41) is 3.11. The number of likely N-dealkylation sites (tertiary alicyclic amines) is 1. The highest BCUT2D eigenvalue weighted by molar-refractivity contribution is 5.74. The molecule has 2 heterocycles. The number of hydrogen-bond acceptors (Lipinski definition) is 2. The molecule has 1 aliphatic heterocycles. The summed E-state index contributed by atoms with van der Waals surface area (Å²) in [5.41, 5.74) is 1.20. The van der Waals surface area contributed by atoms with E-state index in [9.17, 15) is 4.79 Å². The molecule has 1 aromatic rings. The van der Waals surface area contributed by atoms with Gasteiger partial charge in [0.05, 0.1) is 6.04 Å². The van der Waals surface area contributed by atoms with Gasteiger partial charge in [-0.1, -0.05) is 26.7 Å². The molecule has 2 rings (SSSR count). The fraction of sp³-hybridized carbons (Fsp3) is 0.667. The number of carbonyl (C=O) groups is 1. The summed E-state index contributed by atoms with van der Waals surface area (Å²) in [5.74, 6) is 0.694. The zero-order valence-electron chi connectivity index (χ0n) is 13.9. The van der Waals surface area contributed by atoms with Crippen molar-refractivity contribution in [2.45, 2.75) is 58.4 Å². The van der Waals surface area contributed by atoms with Gasteiger partial charge in [-0.2, -0.15) is 0 Å². The lowest BCUT2D eigenvalue weighted by molar-refractivity contribution is 0.175. The summed E-state index contributed by atoms with van der Waals surface area (Å²) < 4.78 is 0. The van der Waals surface area contributed by atoms with Crippen LogP contribution in [0.5, 0.6) is 0 Å². The fourth-order valence-corrected chi connectivity index (χ4v) is 3.09. The Balaban J connectivity index is 1.96. The summed E-state index contributed by atoms with van der Waals surface area (Å²) in [6.45, 7) is 6.06. The van der Waals surface area contributed by atoms with Crippen molar-refractivity contribution in [2.75, 3.05) is 13.1 Å². The third-order valence-electron chi connectivity index (χ3n) is 4.34. The lowest BCUT2D eigenvalue weighted by Crippen LogP contribution is -2.42. The van der Waals surface area contributed by atoms with Crippen molar-refractivity contribution in [1.82, 2.24) is 15.2 Å². The maximum absolute atomic E-state index is 12.6. The molecule has 0 saturated carbocycles. The van der Waals surface area contributed by atoms with Crippen LogP contribution in [0.4, 0.5) is 4.79 Å². The van der Waals surface area contributed by atoms with Crippen molar-refractivity contribution < 1.29 is 4.79 Å². The first-order chi connectivity index (χ1) is 10.7. The minimum absolute atomic E-state index is 0.0902. The Bertz CT molecular complexity index is 447. The largest absolute Gasteiger partial charge is 0.338 e. The second-order valence-electron chi connectivity index (χ2n) is 6.61. The number of carbonyl (C=O) groups excluding carboxylic acids is 1. The highest BCUT2D eigenvalue weighted by Crippen LogP contribution is 2.29. The topological polar surface area (TPSA) is 45.2 Å². The normalized spacial score (nSPS) is 19.0. The molecule has 1 N–H and O–H groups in total. The minimum atomic E-state index is 0.0902. The molecule has 1 aliphatic rings. The van der Waals surface area contributed by atoms with E-state index in [1.165, 1.54) is 18.4 Å². The molecule has 0 aliphatic carbocycles. The van der Waals surface area contributed by atoms with Crippen LogP contribution in [0.1, 0.15) is 64.0 Å². The zero-order chi connectivity index (χ0) is 15.8. The predicted octanol–water partition coefficient (Wildman–Crippen LogP) is 4.14. The number of pyridine rings is 1. The van der Waals surface area contributed by atoms with E-state index in [0.29, 0.717) is 5.92 Å². The van der Waals surface area contributed by atoms with Crippen molar-refractivity contribution in [3.8, 4) is 0 Å². The van der Waals surface area contributed by atoms with Crippen LogP contribution in [0.15, 0.2) is 24.5 Å². The van der Waals surface area contributed by atoms with Crippen LogP contribution in [0.25, 0.3) is 0 Å². The van der Waals surface area contributed by atoms with Gasteiger partial charge in [0.15, 0.2) is 0 Å². The molecule has 0 radical (unpaired) electrons. The van der Waals surface area contributed by atoms with Crippen molar-refractivity contribution in [1.29, 1.82) is 0 Å². The number of nitrogens with one attached hydrogen (secondary N) is 1. The zero-order valence-corrected chi connectivity index (χ0v) is 13.9. The maximum atomic E-state index is 12.6. The number of aromatic nitrogens is 1. The lowest BCUT2D eigenvalue weighted by Gasteiger charge is -2.30.